The van der Waals surface area contributed by atoms with Crippen LogP contribution in [0.25, 0.3) is 11.0 Å². The van der Waals surface area contributed by atoms with E-state index in [-0.39, 0.29) is 23.1 Å². The first kappa shape index (κ1) is 15.0. The molecule has 1 aromatic heterocycles. The summed E-state index contributed by atoms with van der Waals surface area (Å²) in [5.41, 5.74) is 2.91. The summed E-state index contributed by atoms with van der Waals surface area (Å²) in [6, 6.07) is 16.9. The number of amides is 1. The van der Waals surface area contributed by atoms with E-state index in [0.717, 1.165) is 10.9 Å². The molecule has 2 aromatic carbocycles. The van der Waals surface area contributed by atoms with Gasteiger partial charge in [0.25, 0.3) is 5.91 Å². The molecule has 23 heavy (non-hydrogen) atoms. The maximum Gasteiger partial charge on any atom is 0.257 e. The summed E-state index contributed by atoms with van der Waals surface area (Å²) in [7, 11) is 0. The van der Waals surface area contributed by atoms with Gasteiger partial charge in [-0.15, -0.1) is 0 Å². The molecule has 1 heterocycles. The van der Waals surface area contributed by atoms with Gasteiger partial charge in [0.15, 0.2) is 0 Å². The standard InChI is InChI=1S/C19H18N2O2/c1-12-7-9-14(10-8-12)13(2)21-19(22)16-11-15-5-3-4-6-17(15)23-18(16)20/h3-11,13,20H,1-2H3,(H,21,22). The lowest BCUT2D eigenvalue weighted by Gasteiger charge is -2.14. The summed E-state index contributed by atoms with van der Waals surface area (Å²) in [4.78, 5) is 12.5. The van der Waals surface area contributed by atoms with Crippen LogP contribution in [-0.2, 0) is 0 Å². The second-order valence-electron chi connectivity index (χ2n) is 5.63. The zero-order valence-corrected chi connectivity index (χ0v) is 13.1. The summed E-state index contributed by atoms with van der Waals surface area (Å²) in [6.45, 7) is 3.94. The Morgan fingerprint density at radius 3 is 2.57 bits per heavy atom. The minimum absolute atomic E-state index is 0.127. The first-order valence-corrected chi connectivity index (χ1v) is 7.49. The number of carbonyl (C=O) groups excluding carboxylic acids is 1. The van der Waals surface area contributed by atoms with Crippen LogP contribution in [0.15, 0.2) is 59.0 Å². The quantitative estimate of drug-likeness (QED) is 0.774. The molecule has 2 N–H and O–H groups in total. The van der Waals surface area contributed by atoms with E-state index in [4.69, 9.17) is 9.83 Å². The van der Waals surface area contributed by atoms with Gasteiger partial charge in [-0.1, -0.05) is 48.0 Å². The molecular weight excluding hydrogens is 288 g/mol. The first-order chi connectivity index (χ1) is 11.0. The Morgan fingerprint density at radius 1 is 1.13 bits per heavy atom. The Hall–Kier alpha value is -2.88. The van der Waals surface area contributed by atoms with Crippen molar-refractivity contribution >= 4 is 16.9 Å². The molecule has 3 rings (SSSR count). The van der Waals surface area contributed by atoms with Crippen molar-refractivity contribution in [2.75, 3.05) is 0 Å². The Balaban J connectivity index is 1.87. The van der Waals surface area contributed by atoms with Crippen molar-refractivity contribution in [1.82, 2.24) is 5.32 Å². The molecular formula is C19H18N2O2. The summed E-state index contributed by atoms with van der Waals surface area (Å²) in [5, 5.41) is 11.7. The summed E-state index contributed by atoms with van der Waals surface area (Å²) >= 11 is 0. The predicted octanol–water partition coefficient (Wildman–Crippen LogP) is 3.71. The lowest BCUT2D eigenvalue weighted by Crippen LogP contribution is -2.30. The number of fused-ring (bicyclic) bond motifs is 1. The second-order valence-corrected chi connectivity index (χ2v) is 5.63. The van der Waals surface area contributed by atoms with Crippen molar-refractivity contribution in [3.63, 3.8) is 0 Å². The number of carbonyl (C=O) groups is 1. The SMILES string of the molecule is Cc1ccc(C(C)NC(=O)c2cc3ccccc3oc2=N)cc1. The monoisotopic (exact) mass is 306 g/mol. The topological polar surface area (TPSA) is 66.1 Å². The van der Waals surface area contributed by atoms with E-state index >= 15 is 0 Å². The third kappa shape index (κ3) is 3.16. The summed E-state index contributed by atoms with van der Waals surface area (Å²) in [5.74, 6) is -0.308. The van der Waals surface area contributed by atoms with E-state index in [1.807, 2.05) is 56.3 Å². The van der Waals surface area contributed by atoms with Crippen molar-refractivity contribution in [3.8, 4) is 0 Å². The smallest absolute Gasteiger partial charge is 0.257 e. The van der Waals surface area contributed by atoms with Gasteiger partial charge < -0.3 is 9.73 Å². The molecule has 1 atom stereocenters. The normalized spacial score (nSPS) is 12.1. The van der Waals surface area contributed by atoms with Gasteiger partial charge >= 0.3 is 0 Å². The summed E-state index contributed by atoms with van der Waals surface area (Å²) < 4.78 is 5.42. The van der Waals surface area contributed by atoms with Gasteiger partial charge in [0.05, 0.1) is 6.04 Å². The fourth-order valence-electron chi connectivity index (χ4n) is 2.46. The number of hydrogen-bond donors (Lipinski definition) is 2. The van der Waals surface area contributed by atoms with Gasteiger partial charge in [-0.05, 0) is 31.5 Å². The van der Waals surface area contributed by atoms with Crippen LogP contribution in [0.3, 0.4) is 0 Å². The molecule has 0 aliphatic rings. The van der Waals surface area contributed by atoms with E-state index in [9.17, 15) is 4.79 Å². The van der Waals surface area contributed by atoms with Crippen LogP contribution in [0.4, 0.5) is 0 Å². The Bertz CT molecular complexity index is 911. The number of aryl methyl sites for hydroxylation is 1. The molecule has 1 amide bonds. The molecule has 0 radical (unpaired) electrons. The molecule has 0 saturated heterocycles. The first-order valence-electron chi connectivity index (χ1n) is 7.49. The number of nitrogens with one attached hydrogen (secondary N) is 2. The Morgan fingerprint density at radius 2 is 1.83 bits per heavy atom. The largest absolute Gasteiger partial charge is 0.438 e. The fourth-order valence-corrected chi connectivity index (χ4v) is 2.46. The van der Waals surface area contributed by atoms with Gasteiger partial charge in [0.1, 0.15) is 11.1 Å². The van der Waals surface area contributed by atoms with Crippen molar-refractivity contribution in [2.24, 2.45) is 0 Å². The van der Waals surface area contributed by atoms with E-state index in [2.05, 4.69) is 5.32 Å². The molecule has 0 aliphatic carbocycles. The van der Waals surface area contributed by atoms with Crippen molar-refractivity contribution in [2.45, 2.75) is 19.9 Å². The Labute approximate surface area is 134 Å². The third-order valence-corrected chi connectivity index (χ3v) is 3.85. The van der Waals surface area contributed by atoms with Crippen LogP contribution in [0.2, 0.25) is 0 Å². The molecule has 3 aromatic rings. The molecule has 0 saturated carbocycles. The van der Waals surface area contributed by atoms with Gasteiger partial charge in [-0.3, -0.25) is 10.2 Å². The highest BCUT2D eigenvalue weighted by Gasteiger charge is 2.15. The average molecular weight is 306 g/mol. The second kappa shape index (κ2) is 6.08. The molecule has 4 heteroatoms. The van der Waals surface area contributed by atoms with Crippen LogP contribution >= 0.6 is 0 Å². The number of rotatable bonds is 3. The minimum Gasteiger partial charge on any atom is -0.438 e. The Kier molecular flexibility index (Phi) is 3.98. The minimum atomic E-state index is -0.308. The zero-order chi connectivity index (χ0) is 16.4. The number of benzene rings is 2. The van der Waals surface area contributed by atoms with Gasteiger partial charge in [-0.2, -0.15) is 0 Å². The van der Waals surface area contributed by atoms with Crippen LogP contribution < -0.4 is 10.9 Å². The third-order valence-electron chi connectivity index (χ3n) is 3.85. The van der Waals surface area contributed by atoms with Crippen molar-refractivity contribution < 1.29 is 9.21 Å². The lowest BCUT2D eigenvalue weighted by molar-refractivity contribution is 0.0935. The molecule has 0 aliphatic heterocycles. The van der Waals surface area contributed by atoms with Crippen molar-refractivity contribution in [1.29, 1.82) is 5.41 Å². The molecule has 0 fully saturated rings. The molecule has 4 nitrogen and oxygen atoms in total. The van der Waals surface area contributed by atoms with E-state index in [1.165, 1.54) is 5.56 Å². The molecule has 1 unspecified atom stereocenters. The van der Waals surface area contributed by atoms with E-state index < -0.39 is 0 Å². The number of para-hydroxylation sites is 1. The van der Waals surface area contributed by atoms with E-state index in [1.54, 1.807) is 12.1 Å². The lowest BCUT2D eigenvalue weighted by atomic mass is 10.1. The van der Waals surface area contributed by atoms with Crippen LogP contribution in [-0.4, -0.2) is 5.91 Å². The van der Waals surface area contributed by atoms with Crippen LogP contribution in [0.1, 0.15) is 34.5 Å². The molecule has 0 spiro atoms. The fraction of sp³-hybridized carbons (Fsp3) is 0.158. The summed E-state index contributed by atoms with van der Waals surface area (Å²) in [6.07, 6.45) is 0. The van der Waals surface area contributed by atoms with Gasteiger partial charge in [0, 0.05) is 5.39 Å². The zero-order valence-electron chi connectivity index (χ0n) is 13.1. The maximum absolute atomic E-state index is 12.5. The van der Waals surface area contributed by atoms with Crippen LogP contribution in [0, 0.1) is 12.3 Å². The maximum atomic E-state index is 12.5. The predicted molar refractivity (Wildman–Crippen MR) is 89.1 cm³/mol. The van der Waals surface area contributed by atoms with Gasteiger partial charge in [-0.25, -0.2) is 0 Å². The van der Waals surface area contributed by atoms with Gasteiger partial charge in [0.2, 0.25) is 5.55 Å². The highest BCUT2D eigenvalue weighted by Crippen LogP contribution is 2.15. The molecule has 116 valence electrons. The molecule has 0 bridgehead atoms. The highest BCUT2D eigenvalue weighted by molar-refractivity contribution is 5.96. The highest BCUT2D eigenvalue weighted by atomic mass is 16.3. The van der Waals surface area contributed by atoms with Crippen LogP contribution in [0.5, 0.6) is 0 Å². The van der Waals surface area contributed by atoms with E-state index in [0.29, 0.717) is 5.58 Å². The van der Waals surface area contributed by atoms with Crippen molar-refractivity contribution in [3.05, 3.63) is 76.8 Å². The average Bonchev–Trinajstić information content (AvgIpc) is 2.54. The number of hydrogen-bond acceptors (Lipinski definition) is 3.